The van der Waals surface area contributed by atoms with Gasteiger partial charge in [-0.05, 0) is 31.2 Å². The lowest BCUT2D eigenvalue weighted by Crippen LogP contribution is -2.30. The molecule has 2 amide bonds. The Bertz CT molecular complexity index is 543. The number of carbonyl (C=O) groups excluding carboxylic acids is 2. The predicted octanol–water partition coefficient (Wildman–Crippen LogP) is 2.53. The minimum Gasteiger partial charge on any atom is -0.445 e. The molecule has 0 aromatic heterocycles. The normalized spacial score (nSPS) is 11.4. The van der Waals surface area contributed by atoms with Gasteiger partial charge in [0.25, 0.3) is 0 Å². The molecule has 0 saturated carbocycles. The molecule has 0 spiro atoms. The highest BCUT2D eigenvalue weighted by Gasteiger charge is 2.13. The smallest absolute Gasteiger partial charge is 0.407 e. The molecule has 138 valence electrons. The van der Waals surface area contributed by atoms with Gasteiger partial charge in [-0.2, -0.15) is 0 Å². The lowest BCUT2D eigenvalue weighted by molar-refractivity contribution is -0.124. The number of methoxy groups -OCH3 is 1. The maximum absolute atomic E-state index is 11.5. The SMILES string of the molecule is C=CCOC(=O)NCC[C@@H](CCNC(=O)COC)c1ccc(C)cc1. The van der Waals surface area contributed by atoms with Crippen molar-refractivity contribution in [3.8, 4) is 0 Å². The molecule has 6 heteroatoms. The zero-order chi connectivity index (χ0) is 18.5. The van der Waals surface area contributed by atoms with Crippen molar-refractivity contribution >= 4 is 12.0 Å². The van der Waals surface area contributed by atoms with E-state index in [-0.39, 0.29) is 25.0 Å². The highest BCUT2D eigenvalue weighted by molar-refractivity contribution is 5.77. The maximum atomic E-state index is 11.5. The lowest BCUT2D eigenvalue weighted by atomic mass is 9.92. The number of aryl methyl sites for hydroxylation is 1. The van der Waals surface area contributed by atoms with Crippen LogP contribution in [0.25, 0.3) is 0 Å². The van der Waals surface area contributed by atoms with Crippen LogP contribution in [0, 0.1) is 6.92 Å². The number of carbonyl (C=O) groups is 2. The first-order valence-electron chi connectivity index (χ1n) is 8.40. The Morgan fingerprint density at radius 3 is 2.40 bits per heavy atom. The van der Waals surface area contributed by atoms with Gasteiger partial charge in [-0.15, -0.1) is 0 Å². The molecule has 0 aliphatic heterocycles. The highest BCUT2D eigenvalue weighted by Crippen LogP contribution is 2.23. The Morgan fingerprint density at radius 1 is 1.16 bits per heavy atom. The van der Waals surface area contributed by atoms with E-state index in [4.69, 9.17) is 9.47 Å². The fourth-order valence-corrected chi connectivity index (χ4v) is 2.42. The first-order chi connectivity index (χ1) is 12.1. The van der Waals surface area contributed by atoms with E-state index in [1.807, 2.05) is 6.92 Å². The number of nitrogens with one attached hydrogen (secondary N) is 2. The third-order valence-corrected chi connectivity index (χ3v) is 3.73. The van der Waals surface area contributed by atoms with Crippen LogP contribution in [0.5, 0.6) is 0 Å². The van der Waals surface area contributed by atoms with Gasteiger partial charge in [0, 0.05) is 20.2 Å². The molecule has 1 rings (SSSR count). The Balaban J connectivity index is 2.53. The summed E-state index contributed by atoms with van der Waals surface area (Å²) in [4.78, 5) is 23.0. The average molecular weight is 348 g/mol. The van der Waals surface area contributed by atoms with Crippen molar-refractivity contribution in [2.45, 2.75) is 25.7 Å². The zero-order valence-corrected chi connectivity index (χ0v) is 15.0. The van der Waals surface area contributed by atoms with Gasteiger partial charge in [0.1, 0.15) is 13.2 Å². The summed E-state index contributed by atoms with van der Waals surface area (Å²) in [7, 11) is 1.49. The number of hydrogen-bond acceptors (Lipinski definition) is 4. The third-order valence-electron chi connectivity index (χ3n) is 3.73. The van der Waals surface area contributed by atoms with Crippen molar-refractivity contribution in [1.82, 2.24) is 10.6 Å². The highest BCUT2D eigenvalue weighted by atomic mass is 16.5. The van der Waals surface area contributed by atoms with Crippen molar-refractivity contribution < 1.29 is 19.1 Å². The number of ether oxygens (including phenoxy) is 2. The van der Waals surface area contributed by atoms with E-state index in [1.54, 1.807) is 0 Å². The second-order valence-electron chi connectivity index (χ2n) is 5.78. The predicted molar refractivity (Wildman–Crippen MR) is 97.6 cm³/mol. The van der Waals surface area contributed by atoms with Crippen LogP contribution in [0.4, 0.5) is 4.79 Å². The maximum Gasteiger partial charge on any atom is 0.407 e. The van der Waals surface area contributed by atoms with Crippen LogP contribution < -0.4 is 10.6 Å². The second-order valence-corrected chi connectivity index (χ2v) is 5.78. The van der Waals surface area contributed by atoms with E-state index in [0.717, 1.165) is 12.8 Å². The van der Waals surface area contributed by atoms with Crippen LogP contribution >= 0.6 is 0 Å². The molecule has 0 bridgehead atoms. The number of alkyl carbamates (subject to hydrolysis) is 1. The number of rotatable bonds is 11. The van der Waals surface area contributed by atoms with E-state index in [9.17, 15) is 9.59 Å². The molecule has 0 saturated heterocycles. The largest absolute Gasteiger partial charge is 0.445 e. The number of amides is 2. The zero-order valence-electron chi connectivity index (χ0n) is 15.0. The molecule has 25 heavy (non-hydrogen) atoms. The molecule has 2 N–H and O–H groups in total. The Hall–Kier alpha value is -2.34. The lowest BCUT2D eigenvalue weighted by Gasteiger charge is -2.18. The van der Waals surface area contributed by atoms with Crippen molar-refractivity contribution in [2.75, 3.05) is 33.4 Å². The minimum atomic E-state index is -0.448. The van der Waals surface area contributed by atoms with Crippen LogP contribution in [0.1, 0.15) is 29.9 Å². The van der Waals surface area contributed by atoms with E-state index >= 15 is 0 Å². The van der Waals surface area contributed by atoms with E-state index in [2.05, 4.69) is 41.5 Å². The summed E-state index contributed by atoms with van der Waals surface area (Å²) < 4.78 is 9.70. The van der Waals surface area contributed by atoms with E-state index < -0.39 is 6.09 Å². The van der Waals surface area contributed by atoms with Crippen LogP contribution in [-0.2, 0) is 14.3 Å². The molecule has 1 atom stereocenters. The summed E-state index contributed by atoms with van der Waals surface area (Å²) in [6.45, 7) is 6.86. The van der Waals surface area contributed by atoms with Crippen LogP contribution in [-0.4, -0.2) is 45.4 Å². The summed E-state index contributed by atoms with van der Waals surface area (Å²) in [6, 6.07) is 8.31. The molecule has 1 aromatic carbocycles. The van der Waals surface area contributed by atoms with Gasteiger partial charge in [0.05, 0.1) is 0 Å². The summed E-state index contributed by atoms with van der Waals surface area (Å²) >= 11 is 0. The summed E-state index contributed by atoms with van der Waals surface area (Å²) in [5.74, 6) is 0.0967. The second kappa shape index (κ2) is 12.1. The molecular weight excluding hydrogens is 320 g/mol. The van der Waals surface area contributed by atoms with Crippen molar-refractivity contribution in [3.63, 3.8) is 0 Å². The molecule has 0 heterocycles. The van der Waals surface area contributed by atoms with Gasteiger partial charge < -0.3 is 20.1 Å². The number of benzene rings is 1. The molecule has 1 aromatic rings. The topological polar surface area (TPSA) is 76.7 Å². The van der Waals surface area contributed by atoms with Gasteiger partial charge >= 0.3 is 6.09 Å². The average Bonchev–Trinajstić information content (AvgIpc) is 2.59. The summed E-state index contributed by atoms with van der Waals surface area (Å²) in [5.41, 5.74) is 2.38. The van der Waals surface area contributed by atoms with Crippen LogP contribution in [0.3, 0.4) is 0 Å². The first kappa shape index (κ1) is 20.7. The molecule has 0 radical (unpaired) electrons. The monoisotopic (exact) mass is 348 g/mol. The molecule has 6 nitrogen and oxygen atoms in total. The van der Waals surface area contributed by atoms with E-state index in [1.165, 1.54) is 24.3 Å². The van der Waals surface area contributed by atoms with Crippen LogP contribution in [0.15, 0.2) is 36.9 Å². The minimum absolute atomic E-state index is 0.0614. The molecule has 0 unspecified atom stereocenters. The van der Waals surface area contributed by atoms with Gasteiger partial charge in [0.15, 0.2) is 0 Å². The Kier molecular flexibility index (Phi) is 10.0. The third kappa shape index (κ3) is 8.91. The van der Waals surface area contributed by atoms with Gasteiger partial charge in [-0.1, -0.05) is 42.5 Å². The molecule has 0 aliphatic rings. The van der Waals surface area contributed by atoms with Crippen molar-refractivity contribution in [3.05, 3.63) is 48.0 Å². The number of hydrogen-bond donors (Lipinski definition) is 2. The molecule has 0 aliphatic carbocycles. The molecule has 0 fully saturated rings. The van der Waals surface area contributed by atoms with Crippen molar-refractivity contribution in [2.24, 2.45) is 0 Å². The van der Waals surface area contributed by atoms with E-state index in [0.29, 0.717) is 13.1 Å². The standard InChI is InChI=1S/C19H28N2O4/c1-4-13-25-19(23)21-12-10-17(9-11-20-18(22)14-24-3)16-7-5-15(2)6-8-16/h4-8,17H,1,9-14H2,2-3H3,(H,20,22)(H,21,23)/t17-/m1/s1. The fraction of sp³-hybridized carbons (Fsp3) is 0.474. The quantitative estimate of drug-likeness (QED) is 0.603. The Labute approximate surface area is 149 Å². The van der Waals surface area contributed by atoms with Gasteiger partial charge in [-0.25, -0.2) is 4.79 Å². The van der Waals surface area contributed by atoms with Gasteiger partial charge in [-0.3, -0.25) is 4.79 Å². The summed E-state index contributed by atoms with van der Waals surface area (Å²) in [5, 5.41) is 5.57. The van der Waals surface area contributed by atoms with Gasteiger partial charge in [0.2, 0.25) is 5.91 Å². The fourth-order valence-electron chi connectivity index (χ4n) is 2.42. The summed E-state index contributed by atoms with van der Waals surface area (Å²) in [6.07, 6.45) is 2.61. The molecular formula is C19H28N2O4. The van der Waals surface area contributed by atoms with Crippen LogP contribution in [0.2, 0.25) is 0 Å². The Morgan fingerprint density at radius 2 is 1.80 bits per heavy atom. The van der Waals surface area contributed by atoms with Crippen molar-refractivity contribution in [1.29, 1.82) is 0 Å². The first-order valence-corrected chi connectivity index (χ1v) is 8.40.